The van der Waals surface area contributed by atoms with E-state index in [4.69, 9.17) is 4.74 Å². The van der Waals surface area contributed by atoms with E-state index in [1.807, 2.05) is 36.4 Å². The van der Waals surface area contributed by atoms with E-state index in [-0.39, 0.29) is 5.97 Å². The fourth-order valence-electron chi connectivity index (χ4n) is 2.68. The number of rotatable bonds is 2. The highest BCUT2D eigenvalue weighted by molar-refractivity contribution is 5.94. The predicted octanol–water partition coefficient (Wildman–Crippen LogP) is 4.12. The van der Waals surface area contributed by atoms with Gasteiger partial charge >= 0.3 is 5.97 Å². The summed E-state index contributed by atoms with van der Waals surface area (Å²) in [4.78, 5) is 11.8. The number of cyclic esters (lactones) is 1. The summed E-state index contributed by atoms with van der Waals surface area (Å²) in [6.07, 6.45) is -0.421. The first kappa shape index (κ1) is 12.0. The summed E-state index contributed by atoms with van der Waals surface area (Å²) in [6, 6.07) is 21.7. The molecule has 3 aromatic carbocycles. The Hall–Kier alpha value is -2.81. The lowest BCUT2D eigenvalue weighted by atomic mass is 10.1. The summed E-state index contributed by atoms with van der Waals surface area (Å²) in [7, 11) is 0. The molecule has 0 aromatic heterocycles. The van der Waals surface area contributed by atoms with E-state index in [0.29, 0.717) is 5.56 Å². The number of anilines is 1. The fourth-order valence-corrected chi connectivity index (χ4v) is 2.68. The third kappa shape index (κ3) is 2.03. The van der Waals surface area contributed by atoms with Crippen molar-refractivity contribution in [3.63, 3.8) is 0 Å². The highest BCUT2D eigenvalue weighted by atomic mass is 16.6. The molecule has 0 spiro atoms. The predicted molar refractivity (Wildman–Crippen MR) is 82.2 cm³/mol. The number of carbonyl (C=O) groups excluding carboxylic acids is 1. The highest BCUT2D eigenvalue weighted by Gasteiger charge is 2.30. The van der Waals surface area contributed by atoms with Crippen molar-refractivity contribution in [1.29, 1.82) is 0 Å². The first-order valence-electron chi connectivity index (χ1n) is 6.86. The molecule has 102 valence electrons. The minimum atomic E-state index is -0.421. The number of carbonyl (C=O) groups is 1. The van der Waals surface area contributed by atoms with E-state index in [1.54, 1.807) is 6.07 Å². The molecule has 0 radical (unpaired) electrons. The van der Waals surface area contributed by atoms with Crippen LogP contribution in [0.1, 0.15) is 22.1 Å². The Morgan fingerprint density at radius 3 is 2.52 bits per heavy atom. The van der Waals surface area contributed by atoms with Gasteiger partial charge in [0.15, 0.2) is 0 Å². The first-order chi connectivity index (χ1) is 10.3. The van der Waals surface area contributed by atoms with Gasteiger partial charge in [-0.3, -0.25) is 0 Å². The third-order valence-electron chi connectivity index (χ3n) is 3.74. The number of hydrogen-bond acceptors (Lipinski definition) is 3. The summed E-state index contributed by atoms with van der Waals surface area (Å²) in [5, 5.41) is 5.62. The summed E-state index contributed by atoms with van der Waals surface area (Å²) >= 11 is 0. The van der Waals surface area contributed by atoms with Crippen LogP contribution in [0.25, 0.3) is 10.8 Å². The van der Waals surface area contributed by atoms with E-state index < -0.39 is 6.23 Å². The summed E-state index contributed by atoms with van der Waals surface area (Å²) in [6.45, 7) is 0. The molecule has 0 fully saturated rings. The number of hydrogen-bond donors (Lipinski definition) is 1. The molecule has 1 N–H and O–H groups in total. The SMILES string of the molecule is O=C1O[C@@H](Nc2ccc3ccccc3c2)c2ccccc21. The topological polar surface area (TPSA) is 38.3 Å². The van der Waals surface area contributed by atoms with Crippen molar-refractivity contribution in [2.75, 3.05) is 5.32 Å². The minimum absolute atomic E-state index is 0.274. The average Bonchev–Trinajstić information content (AvgIpc) is 2.84. The maximum Gasteiger partial charge on any atom is 0.340 e. The van der Waals surface area contributed by atoms with Crippen molar-refractivity contribution in [3.8, 4) is 0 Å². The first-order valence-corrected chi connectivity index (χ1v) is 6.86. The van der Waals surface area contributed by atoms with E-state index >= 15 is 0 Å². The van der Waals surface area contributed by atoms with Crippen molar-refractivity contribution in [1.82, 2.24) is 0 Å². The van der Waals surface area contributed by atoms with Crippen molar-refractivity contribution in [2.45, 2.75) is 6.23 Å². The Morgan fingerprint density at radius 1 is 0.857 bits per heavy atom. The second kappa shape index (κ2) is 4.63. The van der Waals surface area contributed by atoms with Crippen LogP contribution in [0.4, 0.5) is 5.69 Å². The number of fused-ring (bicyclic) bond motifs is 2. The number of ether oxygens (including phenoxy) is 1. The Kier molecular flexibility index (Phi) is 2.64. The average molecular weight is 275 g/mol. The molecule has 21 heavy (non-hydrogen) atoms. The molecule has 1 aliphatic rings. The number of nitrogens with one attached hydrogen (secondary N) is 1. The second-order valence-corrected chi connectivity index (χ2v) is 5.08. The third-order valence-corrected chi connectivity index (χ3v) is 3.74. The molecule has 1 aliphatic heterocycles. The molecule has 0 saturated carbocycles. The fraction of sp³-hybridized carbons (Fsp3) is 0.0556. The molecular formula is C18H13NO2. The molecule has 0 amide bonds. The van der Waals surface area contributed by atoms with Crippen LogP contribution in [0.3, 0.4) is 0 Å². The lowest BCUT2D eigenvalue weighted by molar-refractivity contribution is 0.0437. The van der Waals surface area contributed by atoms with Crippen molar-refractivity contribution < 1.29 is 9.53 Å². The van der Waals surface area contributed by atoms with Crippen LogP contribution in [0.15, 0.2) is 66.7 Å². The van der Waals surface area contributed by atoms with Crippen LogP contribution in [0.5, 0.6) is 0 Å². The Bertz CT molecular complexity index is 841. The van der Waals surface area contributed by atoms with Crippen LogP contribution >= 0.6 is 0 Å². The summed E-state index contributed by atoms with van der Waals surface area (Å²) < 4.78 is 5.40. The van der Waals surface area contributed by atoms with Gasteiger partial charge in [-0.15, -0.1) is 0 Å². The van der Waals surface area contributed by atoms with Crippen LogP contribution < -0.4 is 5.32 Å². The lowest BCUT2D eigenvalue weighted by Gasteiger charge is -2.14. The molecule has 0 bridgehead atoms. The van der Waals surface area contributed by atoms with Crippen LogP contribution in [0, 0.1) is 0 Å². The monoisotopic (exact) mass is 275 g/mol. The largest absolute Gasteiger partial charge is 0.434 e. The smallest absolute Gasteiger partial charge is 0.340 e. The molecule has 0 saturated heterocycles. The van der Waals surface area contributed by atoms with Crippen LogP contribution in [-0.2, 0) is 4.74 Å². The molecule has 4 rings (SSSR count). The maximum absolute atomic E-state index is 11.8. The quantitative estimate of drug-likeness (QED) is 0.715. The van der Waals surface area contributed by atoms with Gasteiger partial charge in [0.1, 0.15) is 0 Å². The van der Waals surface area contributed by atoms with E-state index in [1.165, 1.54) is 5.39 Å². The Labute approximate surface area is 122 Å². The molecule has 0 aliphatic carbocycles. The molecule has 3 nitrogen and oxygen atoms in total. The van der Waals surface area contributed by atoms with Gasteiger partial charge in [-0.25, -0.2) is 4.79 Å². The standard InChI is InChI=1S/C18H13NO2/c20-18-16-8-4-3-7-15(16)17(21-18)19-14-10-9-12-5-1-2-6-13(12)11-14/h1-11,17,19H/t17-/m1/s1. The minimum Gasteiger partial charge on any atom is -0.434 e. The van der Waals surface area contributed by atoms with E-state index in [0.717, 1.165) is 16.6 Å². The molecule has 0 unspecified atom stereocenters. The summed E-state index contributed by atoms with van der Waals surface area (Å²) in [5.74, 6) is -0.274. The van der Waals surface area contributed by atoms with Gasteiger partial charge in [-0.2, -0.15) is 0 Å². The lowest BCUT2D eigenvalue weighted by Crippen LogP contribution is -2.10. The van der Waals surface area contributed by atoms with Crippen LogP contribution in [-0.4, -0.2) is 5.97 Å². The number of benzene rings is 3. The zero-order valence-electron chi connectivity index (χ0n) is 11.2. The summed E-state index contributed by atoms with van der Waals surface area (Å²) in [5.41, 5.74) is 2.45. The van der Waals surface area contributed by atoms with Gasteiger partial charge in [0.25, 0.3) is 0 Å². The van der Waals surface area contributed by atoms with Gasteiger partial charge < -0.3 is 10.1 Å². The Balaban J connectivity index is 1.68. The van der Waals surface area contributed by atoms with Gasteiger partial charge in [0, 0.05) is 11.3 Å². The molecule has 1 heterocycles. The van der Waals surface area contributed by atoms with E-state index in [2.05, 4.69) is 29.6 Å². The molecule has 3 aromatic rings. The zero-order chi connectivity index (χ0) is 14.2. The molecule has 3 heteroatoms. The van der Waals surface area contributed by atoms with Crippen molar-refractivity contribution in [3.05, 3.63) is 77.9 Å². The van der Waals surface area contributed by atoms with Gasteiger partial charge in [0.05, 0.1) is 5.56 Å². The molecule has 1 atom stereocenters. The van der Waals surface area contributed by atoms with Crippen molar-refractivity contribution >= 4 is 22.4 Å². The zero-order valence-corrected chi connectivity index (χ0v) is 11.2. The van der Waals surface area contributed by atoms with Crippen molar-refractivity contribution in [2.24, 2.45) is 0 Å². The number of esters is 1. The van der Waals surface area contributed by atoms with Gasteiger partial charge in [-0.1, -0.05) is 48.5 Å². The van der Waals surface area contributed by atoms with E-state index in [9.17, 15) is 4.79 Å². The highest BCUT2D eigenvalue weighted by Crippen LogP contribution is 2.32. The normalized spacial score (nSPS) is 16.6. The molecular weight excluding hydrogens is 262 g/mol. The second-order valence-electron chi connectivity index (χ2n) is 5.08. The van der Waals surface area contributed by atoms with Gasteiger partial charge in [0.2, 0.25) is 6.23 Å². The van der Waals surface area contributed by atoms with Gasteiger partial charge in [-0.05, 0) is 29.0 Å². The maximum atomic E-state index is 11.8. The Morgan fingerprint density at radius 2 is 1.62 bits per heavy atom. The van der Waals surface area contributed by atoms with Crippen LogP contribution in [0.2, 0.25) is 0 Å².